The molecule has 5 heteroatoms. The molecule has 1 saturated carbocycles. The van der Waals surface area contributed by atoms with Crippen LogP contribution in [0.3, 0.4) is 0 Å². The predicted molar refractivity (Wildman–Crippen MR) is 92.7 cm³/mol. The number of hydrogen-bond acceptors (Lipinski definition) is 3. The number of nitrogens with zero attached hydrogens (tertiary/aromatic N) is 2. The number of likely N-dealkylation sites (N-methyl/N-ethyl adjacent to an activating group) is 1. The Morgan fingerprint density at radius 3 is 2.70 bits per heavy atom. The molecule has 1 atom stereocenters. The molecule has 1 aromatic carbocycles. The van der Waals surface area contributed by atoms with Gasteiger partial charge in [0, 0.05) is 25.2 Å². The number of rotatable bonds is 8. The molecule has 1 unspecified atom stereocenters. The normalized spacial score (nSPS) is 15.3. The maximum atomic E-state index is 12.7. The van der Waals surface area contributed by atoms with E-state index >= 15 is 0 Å². The molecule has 23 heavy (non-hydrogen) atoms. The van der Waals surface area contributed by atoms with Crippen LogP contribution in [0.25, 0.3) is 0 Å². The van der Waals surface area contributed by atoms with Crippen molar-refractivity contribution in [2.75, 3.05) is 27.7 Å². The maximum Gasteiger partial charge on any atom is 0.318 e. The van der Waals surface area contributed by atoms with Gasteiger partial charge in [0.25, 0.3) is 0 Å². The first-order chi connectivity index (χ1) is 11.0. The maximum absolute atomic E-state index is 12.7. The minimum Gasteiger partial charge on any atom is -0.497 e. The average molecular weight is 319 g/mol. The molecule has 0 saturated heterocycles. The molecule has 0 heterocycles. The Kier molecular flexibility index (Phi) is 6.28. The van der Waals surface area contributed by atoms with E-state index in [2.05, 4.69) is 17.1 Å². The summed E-state index contributed by atoms with van der Waals surface area (Å²) in [5.74, 6) is 0.831. The number of carbonyl (C=O) groups excluding carboxylic acids is 1. The molecule has 1 aromatic rings. The minimum absolute atomic E-state index is 0.0454. The van der Waals surface area contributed by atoms with Gasteiger partial charge < -0.3 is 19.9 Å². The molecule has 128 valence electrons. The lowest BCUT2D eigenvalue weighted by Gasteiger charge is -2.27. The summed E-state index contributed by atoms with van der Waals surface area (Å²) in [6.45, 7) is 3.60. The molecular formula is C18H29N3O2. The standard InChI is InChI=1S/C18H29N3O2/c1-5-15(13-20(2)3)19-18(22)21(16-9-10-16)12-14-7-6-8-17(11-14)23-4/h6-8,11,15-16H,5,9-10,12-13H2,1-4H3,(H,19,22). The van der Waals surface area contributed by atoms with Crippen molar-refractivity contribution in [3.05, 3.63) is 29.8 Å². The van der Waals surface area contributed by atoms with Crippen LogP contribution in [0.1, 0.15) is 31.7 Å². The third-order valence-electron chi connectivity index (χ3n) is 4.14. The van der Waals surface area contributed by atoms with Crippen LogP contribution < -0.4 is 10.1 Å². The van der Waals surface area contributed by atoms with Crippen molar-refractivity contribution in [1.29, 1.82) is 0 Å². The molecule has 2 rings (SSSR count). The number of nitrogens with one attached hydrogen (secondary N) is 1. The smallest absolute Gasteiger partial charge is 0.318 e. The van der Waals surface area contributed by atoms with Crippen molar-refractivity contribution in [2.45, 2.75) is 44.8 Å². The quantitative estimate of drug-likeness (QED) is 0.801. The molecule has 5 nitrogen and oxygen atoms in total. The molecule has 0 aliphatic heterocycles. The van der Waals surface area contributed by atoms with E-state index < -0.39 is 0 Å². The lowest BCUT2D eigenvalue weighted by Crippen LogP contribution is -2.48. The van der Waals surface area contributed by atoms with Crippen LogP contribution in [0.2, 0.25) is 0 Å². The van der Waals surface area contributed by atoms with Crippen LogP contribution in [-0.2, 0) is 6.54 Å². The van der Waals surface area contributed by atoms with Gasteiger partial charge in [-0.1, -0.05) is 19.1 Å². The second-order valence-electron chi connectivity index (χ2n) is 6.53. The number of methoxy groups -OCH3 is 1. The fourth-order valence-corrected chi connectivity index (χ4v) is 2.70. The largest absolute Gasteiger partial charge is 0.497 e. The summed E-state index contributed by atoms with van der Waals surface area (Å²) in [7, 11) is 5.73. The highest BCUT2D eigenvalue weighted by molar-refractivity contribution is 5.75. The summed E-state index contributed by atoms with van der Waals surface area (Å²) in [5.41, 5.74) is 1.10. The van der Waals surface area contributed by atoms with E-state index in [9.17, 15) is 4.79 Å². The van der Waals surface area contributed by atoms with Gasteiger partial charge in [-0.05, 0) is 51.1 Å². The Labute approximate surface area is 139 Å². The Morgan fingerprint density at radius 1 is 1.39 bits per heavy atom. The highest BCUT2D eigenvalue weighted by atomic mass is 16.5. The summed E-state index contributed by atoms with van der Waals surface area (Å²) >= 11 is 0. The lowest BCUT2D eigenvalue weighted by molar-refractivity contribution is 0.184. The monoisotopic (exact) mass is 319 g/mol. The fourth-order valence-electron chi connectivity index (χ4n) is 2.70. The molecule has 0 bridgehead atoms. The topological polar surface area (TPSA) is 44.8 Å². The summed E-state index contributed by atoms with van der Waals surface area (Å²) in [6.07, 6.45) is 3.13. The van der Waals surface area contributed by atoms with E-state index in [4.69, 9.17) is 4.74 Å². The van der Waals surface area contributed by atoms with Crippen LogP contribution >= 0.6 is 0 Å². The SMILES string of the molecule is CCC(CN(C)C)NC(=O)N(Cc1cccc(OC)c1)C1CC1. The summed E-state index contributed by atoms with van der Waals surface area (Å²) < 4.78 is 5.27. The highest BCUT2D eigenvalue weighted by Crippen LogP contribution is 2.29. The summed E-state index contributed by atoms with van der Waals surface area (Å²) in [4.78, 5) is 16.8. The van der Waals surface area contributed by atoms with Gasteiger partial charge in [-0.3, -0.25) is 0 Å². The second kappa shape index (κ2) is 8.20. The van der Waals surface area contributed by atoms with Crippen molar-refractivity contribution in [1.82, 2.24) is 15.1 Å². The third kappa shape index (κ3) is 5.43. The molecule has 1 N–H and O–H groups in total. The van der Waals surface area contributed by atoms with Crippen molar-refractivity contribution in [2.24, 2.45) is 0 Å². The highest BCUT2D eigenvalue weighted by Gasteiger charge is 2.33. The Hall–Kier alpha value is -1.75. The van der Waals surface area contributed by atoms with Crippen LogP contribution in [-0.4, -0.2) is 55.7 Å². The number of amides is 2. The fraction of sp³-hybridized carbons (Fsp3) is 0.611. The van der Waals surface area contributed by atoms with Gasteiger partial charge in [-0.25, -0.2) is 4.79 Å². The molecule has 1 fully saturated rings. The van der Waals surface area contributed by atoms with E-state index in [1.165, 1.54) is 0 Å². The van der Waals surface area contributed by atoms with Crippen molar-refractivity contribution in [3.63, 3.8) is 0 Å². The molecule has 1 aliphatic carbocycles. The molecular weight excluding hydrogens is 290 g/mol. The molecule has 0 radical (unpaired) electrons. The second-order valence-corrected chi connectivity index (χ2v) is 6.53. The van der Waals surface area contributed by atoms with Crippen molar-refractivity contribution in [3.8, 4) is 5.75 Å². The van der Waals surface area contributed by atoms with Gasteiger partial charge in [0.2, 0.25) is 0 Å². The van der Waals surface area contributed by atoms with E-state index in [0.717, 1.165) is 37.1 Å². The number of hydrogen-bond donors (Lipinski definition) is 1. The summed E-state index contributed by atoms with van der Waals surface area (Å²) in [5, 5.41) is 3.18. The van der Waals surface area contributed by atoms with Gasteiger partial charge >= 0.3 is 6.03 Å². The first-order valence-electron chi connectivity index (χ1n) is 8.38. The van der Waals surface area contributed by atoms with Gasteiger partial charge in [-0.15, -0.1) is 0 Å². The zero-order valence-electron chi connectivity index (χ0n) is 14.7. The predicted octanol–water partition coefficient (Wildman–Crippen LogP) is 2.71. The molecule has 0 spiro atoms. The van der Waals surface area contributed by atoms with Gasteiger partial charge in [0.05, 0.1) is 7.11 Å². The number of ether oxygens (including phenoxy) is 1. The number of urea groups is 1. The minimum atomic E-state index is 0.0454. The molecule has 0 aromatic heterocycles. The van der Waals surface area contributed by atoms with Gasteiger partial charge in [0.15, 0.2) is 0 Å². The van der Waals surface area contributed by atoms with E-state index in [1.807, 2.05) is 43.3 Å². The van der Waals surface area contributed by atoms with E-state index in [-0.39, 0.29) is 12.1 Å². The van der Waals surface area contributed by atoms with Crippen LogP contribution in [0.5, 0.6) is 5.75 Å². The average Bonchev–Trinajstić information content (AvgIpc) is 3.36. The molecule has 1 aliphatic rings. The van der Waals surface area contributed by atoms with Gasteiger partial charge in [-0.2, -0.15) is 0 Å². The van der Waals surface area contributed by atoms with E-state index in [1.54, 1.807) is 7.11 Å². The Morgan fingerprint density at radius 2 is 2.13 bits per heavy atom. The zero-order chi connectivity index (χ0) is 16.8. The third-order valence-corrected chi connectivity index (χ3v) is 4.14. The summed E-state index contributed by atoms with van der Waals surface area (Å²) in [6, 6.07) is 8.54. The van der Waals surface area contributed by atoms with Crippen LogP contribution in [0.15, 0.2) is 24.3 Å². The van der Waals surface area contributed by atoms with Crippen LogP contribution in [0, 0.1) is 0 Å². The first-order valence-corrected chi connectivity index (χ1v) is 8.38. The van der Waals surface area contributed by atoms with Gasteiger partial charge in [0.1, 0.15) is 5.75 Å². The van der Waals surface area contributed by atoms with Crippen molar-refractivity contribution < 1.29 is 9.53 Å². The lowest BCUT2D eigenvalue weighted by atomic mass is 10.2. The Balaban J connectivity index is 2.01. The first kappa shape index (κ1) is 17.6. The number of carbonyl (C=O) groups is 1. The number of benzene rings is 1. The van der Waals surface area contributed by atoms with E-state index in [0.29, 0.717) is 12.6 Å². The van der Waals surface area contributed by atoms with Crippen molar-refractivity contribution >= 4 is 6.03 Å². The molecule has 2 amide bonds. The zero-order valence-corrected chi connectivity index (χ0v) is 14.7. The Bertz CT molecular complexity index is 515. The van der Waals surface area contributed by atoms with Crippen LogP contribution in [0.4, 0.5) is 4.79 Å².